The van der Waals surface area contributed by atoms with Crippen LogP contribution in [-0.2, 0) is 11.2 Å². The zero-order valence-corrected chi connectivity index (χ0v) is 12.5. The third-order valence-electron chi connectivity index (χ3n) is 3.74. The molecular weight excluding hydrogens is 272 g/mol. The Kier molecular flexibility index (Phi) is 4.15. The van der Waals surface area contributed by atoms with Crippen molar-refractivity contribution >= 4 is 16.7 Å². The summed E-state index contributed by atoms with van der Waals surface area (Å²) < 4.78 is 0. The first-order valence-corrected chi connectivity index (χ1v) is 7.39. The number of fused-ring (bicyclic) bond motifs is 1. The molecule has 0 unspecified atom stereocenters. The van der Waals surface area contributed by atoms with Crippen molar-refractivity contribution in [3.05, 3.63) is 78.1 Å². The molecular formula is C19H18N2O. The van der Waals surface area contributed by atoms with E-state index in [4.69, 9.17) is 0 Å². The maximum atomic E-state index is 12.1. The summed E-state index contributed by atoms with van der Waals surface area (Å²) in [5.74, 6) is 0.00802. The molecule has 1 aromatic heterocycles. The Morgan fingerprint density at radius 2 is 1.91 bits per heavy atom. The van der Waals surface area contributed by atoms with Gasteiger partial charge in [-0.3, -0.25) is 9.78 Å². The lowest BCUT2D eigenvalue weighted by molar-refractivity contribution is -0.121. The standard InChI is InChI=1S/C19H18N2O/c1-14(21-19(22)11-15-5-4-10-20-13-15)17-9-8-16-6-2-3-7-18(16)12-17/h2-10,12-14H,11H2,1H3,(H,21,22)/t14-/m0/s1. The van der Waals surface area contributed by atoms with E-state index >= 15 is 0 Å². The van der Waals surface area contributed by atoms with Crippen molar-refractivity contribution in [2.24, 2.45) is 0 Å². The van der Waals surface area contributed by atoms with Crippen molar-refractivity contribution in [1.29, 1.82) is 0 Å². The lowest BCUT2D eigenvalue weighted by atomic mass is 10.0. The largest absolute Gasteiger partial charge is 0.349 e. The zero-order valence-electron chi connectivity index (χ0n) is 12.5. The van der Waals surface area contributed by atoms with E-state index < -0.39 is 0 Å². The van der Waals surface area contributed by atoms with Crippen LogP contribution < -0.4 is 5.32 Å². The summed E-state index contributed by atoms with van der Waals surface area (Å²) in [6.07, 6.45) is 3.78. The summed E-state index contributed by atoms with van der Waals surface area (Å²) in [6.45, 7) is 2.01. The molecule has 3 nitrogen and oxygen atoms in total. The molecule has 22 heavy (non-hydrogen) atoms. The molecule has 0 radical (unpaired) electrons. The number of carbonyl (C=O) groups excluding carboxylic acids is 1. The van der Waals surface area contributed by atoms with Gasteiger partial charge in [-0.25, -0.2) is 0 Å². The number of amides is 1. The highest BCUT2D eigenvalue weighted by Crippen LogP contribution is 2.20. The van der Waals surface area contributed by atoms with Crippen LogP contribution in [0.1, 0.15) is 24.1 Å². The van der Waals surface area contributed by atoms with Gasteiger partial charge >= 0.3 is 0 Å². The fraction of sp³-hybridized carbons (Fsp3) is 0.158. The molecule has 0 bridgehead atoms. The normalized spacial score (nSPS) is 12.0. The van der Waals surface area contributed by atoms with Gasteiger partial charge in [0, 0.05) is 12.4 Å². The quantitative estimate of drug-likeness (QED) is 0.797. The lowest BCUT2D eigenvalue weighted by Crippen LogP contribution is -2.28. The number of pyridine rings is 1. The SMILES string of the molecule is C[C@H](NC(=O)Cc1cccnc1)c1ccc2ccccc2c1. The maximum Gasteiger partial charge on any atom is 0.224 e. The average molecular weight is 290 g/mol. The molecule has 3 rings (SSSR count). The van der Waals surface area contributed by atoms with Gasteiger partial charge in [0.25, 0.3) is 0 Å². The van der Waals surface area contributed by atoms with Crippen molar-refractivity contribution in [3.8, 4) is 0 Å². The van der Waals surface area contributed by atoms with E-state index in [9.17, 15) is 4.79 Å². The van der Waals surface area contributed by atoms with Gasteiger partial charge in [0.1, 0.15) is 0 Å². The molecule has 0 saturated carbocycles. The van der Waals surface area contributed by atoms with Crippen LogP contribution in [0.5, 0.6) is 0 Å². The smallest absolute Gasteiger partial charge is 0.224 e. The van der Waals surface area contributed by atoms with Crippen LogP contribution >= 0.6 is 0 Å². The number of hydrogen-bond donors (Lipinski definition) is 1. The van der Waals surface area contributed by atoms with Crippen LogP contribution in [0.3, 0.4) is 0 Å². The minimum atomic E-state index is -0.0197. The monoisotopic (exact) mass is 290 g/mol. The molecule has 0 saturated heterocycles. The summed E-state index contributed by atoms with van der Waals surface area (Å²) in [5, 5.41) is 5.44. The molecule has 3 aromatic rings. The van der Waals surface area contributed by atoms with Crippen molar-refractivity contribution in [2.75, 3.05) is 0 Å². The number of nitrogens with one attached hydrogen (secondary N) is 1. The number of carbonyl (C=O) groups is 1. The molecule has 0 aliphatic heterocycles. The molecule has 0 spiro atoms. The molecule has 1 N–H and O–H groups in total. The van der Waals surface area contributed by atoms with Gasteiger partial charge in [0.05, 0.1) is 12.5 Å². The van der Waals surface area contributed by atoms with E-state index in [-0.39, 0.29) is 11.9 Å². The molecule has 2 aromatic carbocycles. The number of aromatic nitrogens is 1. The number of rotatable bonds is 4. The first-order valence-electron chi connectivity index (χ1n) is 7.39. The van der Waals surface area contributed by atoms with Gasteiger partial charge < -0.3 is 5.32 Å². The molecule has 1 heterocycles. The van der Waals surface area contributed by atoms with Gasteiger partial charge in [-0.15, -0.1) is 0 Å². The predicted octanol–water partition coefficient (Wildman–Crippen LogP) is 3.65. The number of benzene rings is 2. The molecule has 1 atom stereocenters. The Labute approximate surface area is 130 Å². The van der Waals surface area contributed by atoms with E-state index in [2.05, 4.69) is 40.6 Å². The third-order valence-corrected chi connectivity index (χ3v) is 3.74. The molecule has 0 aliphatic rings. The van der Waals surface area contributed by atoms with Crippen LogP contribution in [-0.4, -0.2) is 10.9 Å². The Morgan fingerprint density at radius 1 is 1.09 bits per heavy atom. The Bertz CT molecular complexity index is 784. The topological polar surface area (TPSA) is 42.0 Å². The Morgan fingerprint density at radius 3 is 2.68 bits per heavy atom. The van der Waals surface area contributed by atoms with E-state index in [1.165, 1.54) is 10.8 Å². The molecule has 3 heteroatoms. The Balaban J connectivity index is 1.70. The second-order valence-corrected chi connectivity index (χ2v) is 5.43. The summed E-state index contributed by atoms with van der Waals surface area (Å²) >= 11 is 0. The van der Waals surface area contributed by atoms with Crippen LogP contribution in [0.25, 0.3) is 10.8 Å². The minimum absolute atomic E-state index is 0.00802. The lowest BCUT2D eigenvalue weighted by Gasteiger charge is -2.15. The zero-order chi connectivity index (χ0) is 15.4. The van der Waals surface area contributed by atoms with Crippen molar-refractivity contribution < 1.29 is 4.79 Å². The summed E-state index contributed by atoms with van der Waals surface area (Å²) in [4.78, 5) is 16.2. The fourth-order valence-electron chi connectivity index (χ4n) is 2.54. The maximum absolute atomic E-state index is 12.1. The summed E-state index contributed by atoms with van der Waals surface area (Å²) in [7, 11) is 0. The van der Waals surface area contributed by atoms with Crippen LogP contribution in [0, 0.1) is 0 Å². The fourth-order valence-corrected chi connectivity index (χ4v) is 2.54. The van der Waals surface area contributed by atoms with Crippen molar-refractivity contribution in [3.63, 3.8) is 0 Å². The highest BCUT2D eigenvalue weighted by Gasteiger charge is 2.10. The second kappa shape index (κ2) is 6.39. The molecule has 0 aliphatic carbocycles. The van der Waals surface area contributed by atoms with Crippen LogP contribution in [0.2, 0.25) is 0 Å². The average Bonchev–Trinajstić information content (AvgIpc) is 2.55. The van der Waals surface area contributed by atoms with Crippen molar-refractivity contribution in [2.45, 2.75) is 19.4 Å². The third kappa shape index (κ3) is 3.31. The van der Waals surface area contributed by atoms with E-state index in [1.54, 1.807) is 12.4 Å². The van der Waals surface area contributed by atoms with Gasteiger partial charge in [-0.2, -0.15) is 0 Å². The molecule has 0 fully saturated rings. The van der Waals surface area contributed by atoms with Crippen LogP contribution in [0.15, 0.2) is 67.0 Å². The summed E-state index contributed by atoms with van der Waals surface area (Å²) in [5.41, 5.74) is 2.03. The van der Waals surface area contributed by atoms with Gasteiger partial charge in [0.2, 0.25) is 5.91 Å². The van der Waals surface area contributed by atoms with Gasteiger partial charge in [-0.05, 0) is 41.0 Å². The minimum Gasteiger partial charge on any atom is -0.349 e. The first kappa shape index (κ1) is 14.3. The first-order chi connectivity index (χ1) is 10.7. The highest BCUT2D eigenvalue weighted by atomic mass is 16.1. The van der Waals surface area contributed by atoms with Gasteiger partial charge in [0.15, 0.2) is 0 Å². The highest BCUT2D eigenvalue weighted by molar-refractivity contribution is 5.83. The number of nitrogens with zero attached hydrogens (tertiary/aromatic N) is 1. The van der Waals surface area contributed by atoms with E-state index in [0.29, 0.717) is 6.42 Å². The van der Waals surface area contributed by atoms with Gasteiger partial charge in [-0.1, -0.05) is 42.5 Å². The number of hydrogen-bond acceptors (Lipinski definition) is 2. The van der Waals surface area contributed by atoms with Crippen LogP contribution in [0.4, 0.5) is 0 Å². The predicted molar refractivity (Wildman–Crippen MR) is 88.4 cm³/mol. The second-order valence-electron chi connectivity index (χ2n) is 5.43. The van der Waals surface area contributed by atoms with E-state index in [0.717, 1.165) is 11.1 Å². The van der Waals surface area contributed by atoms with Crippen molar-refractivity contribution in [1.82, 2.24) is 10.3 Å². The Hall–Kier alpha value is -2.68. The van der Waals surface area contributed by atoms with E-state index in [1.807, 2.05) is 31.2 Å². The molecule has 1 amide bonds. The molecule has 110 valence electrons. The summed E-state index contributed by atoms with van der Waals surface area (Å²) in [6, 6.07) is 18.2.